The molecule has 1 atom stereocenters. The van der Waals surface area contributed by atoms with Crippen molar-refractivity contribution in [3.63, 3.8) is 0 Å². The van der Waals surface area contributed by atoms with Gasteiger partial charge in [-0.3, -0.25) is 14.9 Å². The highest BCUT2D eigenvalue weighted by molar-refractivity contribution is 6.10. The summed E-state index contributed by atoms with van der Waals surface area (Å²) in [7, 11) is 0. The fourth-order valence-corrected chi connectivity index (χ4v) is 3.27. The van der Waals surface area contributed by atoms with Crippen LogP contribution in [0.3, 0.4) is 0 Å². The average molecular weight is 423 g/mol. The smallest absolute Gasteiger partial charge is 0.257 e. The summed E-state index contributed by atoms with van der Waals surface area (Å²) >= 11 is 0. The number of nitrogens with one attached hydrogen (secondary N) is 3. The highest BCUT2D eigenvalue weighted by atomic mass is 16.5. The van der Waals surface area contributed by atoms with Gasteiger partial charge in [-0.2, -0.15) is 0 Å². The Balaban J connectivity index is 1.71. The van der Waals surface area contributed by atoms with Crippen LogP contribution in [0.1, 0.15) is 55.5 Å². The van der Waals surface area contributed by atoms with Crippen molar-refractivity contribution < 1.29 is 14.3 Å². The van der Waals surface area contributed by atoms with Gasteiger partial charge in [0.1, 0.15) is 0 Å². The maximum Gasteiger partial charge on any atom is 0.257 e. The number of carbonyl (C=O) groups is 2. The number of rotatable bonds is 6. The van der Waals surface area contributed by atoms with Crippen molar-refractivity contribution in [1.29, 1.82) is 0 Å². The number of guanidine groups is 1. The van der Waals surface area contributed by atoms with Crippen molar-refractivity contribution in [2.75, 3.05) is 23.8 Å². The Hall–Kier alpha value is -3.19. The predicted molar refractivity (Wildman–Crippen MR) is 124 cm³/mol. The number of hydrogen-bond donors (Lipinski definition) is 3. The van der Waals surface area contributed by atoms with Crippen LogP contribution in [0.2, 0.25) is 0 Å². The second-order valence-electron chi connectivity index (χ2n) is 7.94. The van der Waals surface area contributed by atoms with Gasteiger partial charge in [0.05, 0.1) is 12.6 Å². The van der Waals surface area contributed by atoms with Crippen LogP contribution >= 0.6 is 0 Å². The number of anilines is 2. The summed E-state index contributed by atoms with van der Waals surface area (Å²) in [5.41, 5.74) is 3.19. The van der Waals surface area contributed by atoms with E-state index in [0.29, 0.717) is 29.7 Å². The van der Waals surface area contributed by atoms with Crippen LogP contribution in [-0.4, -0.2) is 37.0 Å². The van der Waals surface area contributed by atoms with E-state index in [4.69, 9.17) is 4.74 Å². The minimum atomic E-state index is -0.285. The highest BCUT2D eigenvalue weighted by Gasteiger charge is 2.16. The SMILES string of the molecule is CC(=O)Nc1ccc(C(=O)NC(=NC[C@H]2CCCO2)Nc2ccc(C(C)C)cc2)cc1. The van der Waals surface area contributed by atoms with Crippen LogP contribution in [0.5, 0.6) is 0 Å². The predicted octanol–water partition coefficient (Wildman–Crippen LogP) is 4.15. The van der Waals surface area contributed by atoms with E-state index >= 15 is 0 Å². The third-order valence-electron chi connectivity index (χ3n) is 5.02. The molecule has 0 saturated carbocycles. The zero-order chi connectivity index (χ0) is 22.2. The largest absolute Gasteiger partial charge is 0.376 e. The molecule has 1 aliphatic heterocycles. The Morgan fingerprint density at radius 2 is 1.68 bits per heavy atom. The molecule has 2 amide bonds. The standard InChI is InChI=1S/C24H30N4O3/c1-16(2)18-6-10-21(11-7-18)27-24(25-15-22-5-4-14-31-22)28-23(30)19-8-12-20(13-9-19)26-17(3)29/h6-13,16,22H,4-5,14-15H2,1-3H3,(H,26,29)(H2,25,27,28,30)/t22-/m1/s1. The van der Waals surface area contributed by atoms with Gasteiger partial charge >= 0.3 is 0 Å². The number of hydrogen-bond acceptors (Lipinski definition) is 4. The first-order valence-corrected chi connectivity index (χ1v) is 10.6. The van der Waals surface area contributed by atoms with E-state index in [0.717, 1.165) is 25.1 Å². The number of carbonyl (C=O) groups excluding carboxylic acids is 2. The fourth-order valence-electron chi connectivity index (χ4n) is 3.27. The first kappa shape index (κ1) is 22.5. The molecule has 3 N–H and O–H groups in total. The molecule has 1 saturated heterocycles. The average Bonchev–Trinajstić information content (AvgIpc) is 3.26. The Morgan fingerprint density at radius 3 is 2.26 bits per heavy atom. The number of ether oxygens (including phenoxy) is 1. The third kappa shape index (κ3) is 6.93. The van der Waals surface area contributed by atoms with E-state index < -0.39 is 0 Å². The lowest BCUT2D eigenvalue weighted by atomic mass is 10.0. The minimum absolute atomic E-state index is 0.0777. The van der Waals surface area contributed by atoms with Crippen molar-refractivity contribution in [3.05, 3.63) is 59.7 Å². The van der Waals surface area contributed by atoms with Crippen LogP contribution in [0, 0.1) is 0 Å². The Kier molecular flexibility index (Phi) is 7.78. The summed E-state index contributed by atoms with van der Waals surface area (Å²) in [6.45, 7) is 6.97. The van der Waals surface area contributed by atoms with E-state index in [1.54, 1.807) is 24.3 Å². The molecule has 0 radical (unpaired) electrons. The molecule has 0 spiro atoms. The summed E-state index contributed by atoms with van der Waals surface area (Å²) in [4.78, 5) is 28.5. The lowest BCUT2D eigenvalue weighted by Crippen LogP contribution is -2.36. The zero-order valence-electron chi connectivity index (χ0n) is 18.3. The van der Waals surface area contributed by atoms with Gasteiger partial charge in [-0.15, -0.1) is 0 Å². The lowest BCUT2D eigenvalue weighted by Gasteiger charge is -2.14. The first-order valence-electron chi connectivity index (χ1n) is 10.6. The van der Waals surface area contributed by atoms with Gasteiger partial charge < -0.3 is 15.4 Å². The molecule has 7 nitrogen and oxygen atoms in total. The fraction of sp³-hybridized carbons (Fsp3) is 0.375. The Bertz CT molecular complexity index is 915. The molecule has 1 fully saturated rings. The lowest BCUT2D eigenvalue weighted by molar-refractivity contribution is -0.114. The second-order valence-corrected chi connectivity index (χ2v) is 7.94. The maximum absolute atomic E-state index is 12.8. The normalized spacial score (nSPS) is 16.3. The quantitative estimate of drug-likeness (QED) is 0.482. The van der Waals surface area contributed by atoms with Gasteiger partial charge in [-0.1, -0.05) is 26.0 Å². The molecule has 3 rings (SSSR count). The summed E-state index contributed by atoms with van der Waals surface area (Å²) in [6, 6.07) is 14.8. The molecule has 0 aromatic heterocycles. The highest BCUT2D eigenvalue weighted by Crippen LogP contribution is 2.17. The van der Waals surface area contributed by atoms with Gasteiger partial charge in [-0.05, 0) is 60.7 Å². The number of aliphatic imine (C=N–C) groups is 1. The van der Waals surface area contributed by atoms with Gasteiger partial charge in [0.2, 0.25) is 11.9 Å². The van der Waals surface area contributed by atoms with E-state index in [1.165, 1.54) is 12.5 Å². The Labute approximate surface area is 183 Å². The summed E-state index contributed by atoms with van der Waals surface area (Å²) in [5, 5.41) is 8.76. The first-order chi connectivity index (χ1) is 14.9. The van der Waals surface area contributed by atoms with E-state index in [2.05, 4.69) is 46.9 Å². The molecular formula is C24H30N4O3. The molecule has 0 aliphatic carbocycles. The molecular weight excluding hydrogens is 392 g/mol. The number of amides is 2. The van der Waals surface area contributed by atoms with Gasteiger partial charge in [0.25, 0.3) is 5.91 Å². The van der Waals surface area contributed by atoms with Crippen LogP contribution < -0.4 is 16.0 Å². The molecule has 1 aliphatic rings. The minimum Gasteiger partial charge on any atom is -0.376 e. The monoisotopic (exact) mass is 422 g/mol. The summed E-state index contributed by atoms with van der Waals surface area (Å²) in [5.74, 6) is 0.380. The zero-order valence-corrected chi connectivity index (χ0v) is 18.3. The molecule has 31 heavy (non-hydrogen) atoms. The van der Waals surface area contributed by atoms with Crippen LogP contribution in [0.25, 0.3) is 0 Å². The van der Waals surface area contributed by atoms with Crippen molar-refractivity contribution in [3.8, 4) is 0 Å². The summed E-state index contributed by atoms with van der Waals surface area (Å²) in [6.07, 6.45) is 2.08. The van der Waals surface area contributed by atoms with Crippen LogP contribution in [0.4, 0.5) is 11.4 Å². The van der Waals surface area contributed by atoms with Gasteiger partial charge in [0.15, 0.2) is 0 Å². The molecule has 0 bridgehead atoms. The molecule has 2 aromatic carbocycles. The molecule has 0 unspecified atom stereocenters. The van der Waals surface area contributed by atoms with Crippen LogP contribution in [0.15, 0.2) is 53.5 Å². The van der Waals surface area contributed by atoms with Crippen molar-refractivity contribution in [1.82, 2.24) is 5.32 Å². The molecule has 2 aromatic rings. The topological polar surface area (TPSA) is 91.8 Å². The maximum atomic E-state index is 12.8. The summed E-state index contributed by atoms with van der Waals surface area (Å²) < 4.78 is 5.65. The second kappa shape index (κ2) is 10.7. The van der Waals surface area contributed by atoms with E-state index in [-0.39, 0.29) is 17.9 Å². The van der Waals surface area contributed by atoms with Crippen LogP contribution in [-0.2, 0) is 9.53 Å². The van der Waals surface area contributed by atoms with E-state index in [9.17, 15) is 9.59 Å². The molecule has 164 valence electrons. The van der Waals surface area contributed by atoms with Crippen molar-refractivity contribution >= 4 is 29.1 Å². The van der Waals surface area contributed by atoms with Crippen molar-refractivity contribution in [2.24, 2.45) is 4.99 Å². The van der Waals surface area contributed by atoms with Gasteiger partial charge in [-0.25, -0.2) is 4.99 Å². The van der Waals surface area contributed by atoms with Gasteiger partial charge in [0, 0.05) is 30.5 Å². The number of benzene rings is 2. The molecule has 7 heteroatoms. The van der Waals surface area contributed by atoms with E-state index in [1.807, 2.05) is 12.1 Å². The van der Waals surface area contributed by atoms with Crippen molar-refractivity contribution in [2.45, 2.75) is 45.6 Å². The molecule has 1 heterocycles. The Morgan fingerprint density at radius 1 is 1.03 bits per heavy atom. The number of nitrogens with zero attached hydrogens (tertiary/aromatic N) is 1. The third-order valence-corrected chi connectivity index (χ3v) is 5.02.